The third-order valence-corrected chi connectivity index (χ3v) is 4.17. The molecule has 0 unspecified atom stereocenters. The molecule has 1 aliphatic rings. The summed E-state index contributed by atoms with van der Waals surface area (Å²) in [5, 5.41) is 3.28. The molecule has 1 fully saturated rings. The summed E-state index contributed by atoms with van der Waals surface area (Å²) in [7, 11) is 0. The number of rotatable bonds is 5. The van der Waals surface area contributed by atoms with Crippen LogP contribution in [0.25, 0.3) is 0 Å². The zero-order chi connectivity index (χ0) is 15.9. The van der Waals surface area contributed by atoms with Gasteiger partial charge in [-0.2, -0.15) is 0 Å². The molecule has 1 N–H and O–H groups in total. The van der Waals surface area contributed by atoms with Crippen LogP contribution in [0.1, 0.15) is 25.3 Å². The molecule has 4 nitrogen and oxygen atoms in total. The van der Waals surface area contributed by atoms with Crippen molar-refractivity contribution in [2.45, 2.75) is 32.3 Å². The maximum Gasteiger partial charge on any atom is 0.317 e. The highest BCUT2D eigenvalue weighted by atomic mass is 35.5. The standard InChI is InChI=1S/C16H22ClFN2O2/c1-2-22-14-6-9-20(10-7-14)16(21)19-8-5-12-3-4-13(18)11-15(12)17/h3-4,11,14H,2,5-10H2,1H3,(H,19,21). The molecule has 0 atom stereocenters. The molecule has 0 spiro atoms. The first-order valence-electron chi connectivity index (χ1n) is 7.68. The van der Waals surface area contributed by atoms with Crippen LogP contribution in [0.5, 0.6) is 0 Å². The Hall–Kier alpha value is -1.33. The number of hydrogen-bond donors (Lipinski definition) is 1. The Morgan fingerprint density at radius 1 is 1.45 bits per heavy atom. The minimum atomic E-state index is -0.352. The van der Waals surface area contributed by atoms with E-state index in [9.17, 15) is 9.18 Å². The van der Waals surface area contributed by atoms with Gasteiger partial charge in [0.25, 0.3) is 0 Å². The van der Waals surface area contributed by atoms with Gasteiger partial charge < -0.3 is 15.0 Å². The van der Waals surface area contributed by atoms with Crippen LogP contribution in [0.2, 0.25) is 5.02 Å². The molecule has 0 aromatic heterocycles. The Kier molecular flexibility index (Phi) is 6.46. The van der Waals surface area contributed by atoms with Gasteiger partial charge in [0.05, 0.1) is 6.10 Å². The van der Waals surface area contributed by atoms with E-state index in [0.29, 0.717) is 31.1 Å². The van der Waals surface area contributed by atoms with Crippen molar-refractivity contribution in [3.05, 3.63) is 34.6 Å². The normalized spacial score (nSPS) is 15.9. The summed E-state index contributed by atoms with van der Waals surface area (Å²) >= 11 is 5.96. The van der Waals surface area contributed by atoms with Gasteiger partial charge in [0.2, 0.25) is 0 Å². The third kappa shape index (κ3) is 4.85. The summed E-state index contributed by atoms with van der Waals surface area (Å²) in [5.41, 5.74) is 0.832. The number of likely N-dealkylation sites (tertiary alicyclic amines) is 1. The van der Waals surface area contributed by atoms with E-state index < -0.39 is 0 Å². The maximum atomic E-state index is 13.0. The van der Waals surface area contributed by atoms with Crippen molar-refractivity contribution in [3.63, 3.8) is 0 Å². The summed E-state index contributed by atoms with van der Waals surface area (Å²) < 4.78 is 18.5. The van der Waals surface area contributed by atoms with Crippen LogP contribution in [0.3, 0.4) is 0 Å². The molecule has 6 heteroatoms. The van der Waals surface area contributed by atoms with Gasteiger partial charge in [-0.3, -0.25) is 0 Å². The Morgan fingerprint density at radius 2 is 2.18 bits per heavy atom. The molecular formula is C16H22ClFN2O2. The number of hydrogen-bond acceptors (Lipinski definition) is 2. The number of nitrogens with one attached hydrogen (secondary N) is 1. The average molecular weight is 329 g/mol. The molecule has 1 aromatic rings. The lowest BCUT2D eigenvalue weighted by atomic mass is 10.1. The van der Waals surface area contributed by atoms with E-state index in [0.717, 1.165) is 25.0 Å². The van der Waals surface area contributed by atoms with E-state index in [1.165, 1.54) is 12.1 Å². The first kappa shape index (κ1) is 17.0. The number of halogens is 2. The number of ether oxygens (including phenoxy) is 1. The summed E-state index contributed by atoms with van der Waals surface area (Å²) in [5.74, 6) is -0.352. The number of carbonyl (C=O) groups excluding carboxylic acids is 1. The second-order valence-corrected chi connectivity index (χ2v) is 5.77. The van der Waals surface area contributed by atoms with Crippen LogP contribution in [-0.2, 0) is 11.2 Å². The molecule has 0 saturated carbocycles. The minimum absolute atomic E-state index is 0.0619. The van der Waals surface area contributed by atoms with Crippen LogP contribution < -0.4 is 5.32 Å². The van der Waals surface area contributed by atoms with Crippen LogP contribution in [0, 0.1) is 5.82 Å². The fourth-order valence-corrected chi connectivity index (χ4v) is 2.86. The maximum absolute atomic E-state index is 13.0. The highest BCUT2D eigenvalue weighted by molar-refractivity contribution is 6.31. The van der Waals surface area contributed by atoms with Crippen molar-refractivity contribution in [2.75, 3.05) is 26.2 Å². The number of piperidine rings is 1. The average Bonchev–Trinajstić information content (AvgIpc) is 2.50. The van der Waals surface area contributed by atoms with E-state index in [-0.39, 0.29) is 18.0 Å². The van der Waals surface area contributed by atoms with Crippen LogP contribution in [0.15, 0.2) is 18.2 Å². The number of carbonyl (C=O) groups is 1. The Bertz CT molecular complexity index is 505. The van der Waals surface area contributed by atoms with Gasteiger partial charge in [0.1, 0.15) is 5.82 Å². The van der Waals surface area contributed by atoms with Crippen molar-refractivity contribution in [2.24, 2.45) is 0 Å². The zero-order valence-corrected chi connectivity index (χ0v) is 13.5. The summed E-state index contributed by atoms with van der Waals surface area (Å²) in [6, 6.07) is 4.25. The van der Waals surface area contributed by atoms with Gasteiger partial charge in [0.15, 0.2) is 0 Å². The van der Waals surface area contributed by atoms with Crippen LogP contribution in [0.4, 0.5) is 9.18 Å². The first-order chi connectivity index (χ1) is 10.6. The van der Waals surface area contributed by atoms with Gasteiger partial charge >= 0.3 is 6.03 Å². The van der Waals surface area contributed by atoms with Crippen molar-refractivity contribution >= 4 is 17.6 Å². The van der Waals surface area contributed by atoms with Gasteiger partial charge in [-0.05, 0) is 43.9 Å². The molecular weight excluding hydrogens is 307 g/mol. The predicted octanol–water partition coefficient (Wildman–Crippen LogP) is 3.23. The number of amides is 2. The van der Waals surface area contributed by atoms with E-state index in [1.54, 1.807) is 6.07 Å². The molecule has 1 aromatic carbocycles. The molecule has 22 heavy (non-hydrogen) atoms. The van der Waals surface area contributed by atoms with Crippen molar-refractivity contribution < 1.29 is 13.9 Å². The van der Waals surface area contributed by atoms with Crippen molar-refractivity contribution in [3.8, 4) is 0 Å². The van der Waals surface area contributed by atoms with E-state index >= 15 is 0 Å². The van der Waals surface area contributed by atoms with Crippen LogP contribution >= 0.6 is 11.6 Å². The lowest BCUT2D eigenvalue weighted by molar-refractivity contribution is 0.0220. The lowest BCUT2D eigenvalue weighted by Gasteiger charge is -2.31. The fraction of sp³-hybridized carbons (Fsp3) is 0.562. The van der Waals surface area contributed by atoms with Gasteiger partial charge in [-0.15, -0.1) is 0 Å². The molecule has 1 aliphatic heterocycles. The molecule has 2 rings (SSSR count). The largest absolute Gasteiger partial charge is 0.378 e. The molecule has 0 radical (unpaired) electrons. The Labute approximate surface area is 135 Å². The van der Waals surface area contributed by atoms with Gasteiger partial charge in [-0.25, -0.2) is 9.18 Å². The van der Waals surface area contributed by atoms with Gasteiger partial charge in [-0.1, -0.05) is 17.7 Å². The second kappa shape index (κ2) is 8.34. The Morgan fingerprint density at radius 3 is 2.82 bits per heavy atom. The Balaban J connectivity index is 1.72. The van der Waals surface area contributed by atoms with Gasteiger partial charge in [0, 0.05) is 31.3 Å². The number of urea groups is 1. The van der Waals surface area contributed by atoms with Crippen molar-refractivity contribution in [1.29, 1.82) is 0 Å². The van der Waals surface area contributed by atoms with Crippen molar-refractivity contribution in [1.82, 2.24) is 10.2 Å². The molecule has 0 aliphatic carbocycles. The lowest BCUT2D eigenvalue weighted by Crippen LogP contribution is -2.46. The smallest absolute Gasteiger partial charge is 0.317 e. The highest BCUT2D eigenvalue weighted by Gasteiger charge is 2.22. The SMILES string of the molecule is CCOC1CCN(C(=O)NCCc2ccc(F)cc2Cl)CC1. The second-order valence-electron chi connectivity index (χ2n) is 5.36. The summed E-state index contributed by atoms with van der Waals surface area (Å²) in [6.45, 7) is 4.62. The fourth-order valence-electron chi connectivity index (χ4n) is 2.60. The van der Waals surface area contributed by atoms with E-state index in [1.807, 2.05) is 11.8 Å². The molecule has 1 saturated heterocycles. The number of benzene rings is 1. The highest BCUT2D eigenvalue weighted by Crippen LogP contribution is 2.17. The molecule has 2 amide bonds. The first-order valence-corrected chi connectivity index (χ1v) is 8.06. The van der Waals surface area contributed by atoms with Crippen LogP contribution in [-0.4, -0.2) is 43.3 Å². The molecule has 122 valence electrons. The quantitative estimate of drug-likeness (QED) is 0.901. The third-order valence-electron chi connectivity index (χ3n) is 3.82. The molecule has 1 heterocycles. The topological polar surface area (TPSA) is 41.6 Å². The number of nitrogens with zero attached hydrogens (tertiary/aromatic N) is 1. The minimum Gasteiger partial charge on any atom is -0.378 e. The zero-order valence-electron chi connectivity index (χ0n) is 12.8. The van der Waals surface area contributed by atoms with E-state index in [2.05, 4.69) is 5.32 Å². The monoisotopic (exact) mass is 328 g/mol. The molecule has 0 bridgehead atoms. The summed E-state index contributed by atoms with van der Waals surface area (Å²) in [6.07, 6.45) is 2.61. The predicted molar refractivity (Wildman–Crippen MR) is 84.7 cm³/mol. The van der Waals surface area contributed by atoms with E-state index in [4.69, 9.17) is 16.3 Å². The summed E-state index contributed by atoms with van der Waals surface area (Å²) in [4.78, 5) is 13.9.